The van der Waals surface area contributed by atoms with E-state index < -0.39 is 0 Å². The summed E-state index contributed by atoms with van der Waals surface area (Å²) in [5, 5.41) is 0. The molecule has 0 saturated carbocycles. The molecule has 0 rings (SSSR count). The lowest BCUT2D eigenvalue weighted by Gasteiger charge is -2.19. The largest absolute Gasteiger partial charge is 0.476 e. The van der Waals surface area contributed by atoms with Gasteiger partial charge in [0.25, 0.3) is 0 Å². The molecule has 0 amide bonds. The zero-order valence-electron chi connectivity index (χ0n) is 26.2. The van der Waals surface area contributed by atoms with Crippen LogP contribution in [-0.4, -0.2) is 33.4 Å². The predicted molar refractivity (Wildman–Crippen MR) is 165 cm³/mol. The second-order valence-corrected chi connectivity index (χ2v) is 11.1. The van der Waals surface area contributed by atoms with Gasteiger partial charge in [-0.15, -0.1) is 0 Å². The van der Waals surface area contributed by atoms with Crippen molar-refractivity contribution in [3.8, 4) is 0 Å². The molecule has 0 aliphatic heterocycles. The monoisotopic (exact) mass is 541 g/mol. The number of methoxy groups -OCH3 is 1. The van der Waals surface area contributed by atoms with Gasteiger partial charge in [-0.05, 0) is 44.6 Å². The summed E-state index contributed by atoms with van der Waals surface area (Å²) in [6.45, 7) is 6.64. The van der Waals surface area contributed by atoms with E-state index in [1.807, 2.05) is 0 Å². The molecule has 38 heavy (non-hydrogen) atoms. The highest BCUT2D eigenvalue weighted by Crippen LogP contribution is 2.16. The highest BCUT2D eigenvalue weighted by molar-refractivity contribution is 4.72. The molecule has 4 heteroatoms. The van der Waals surface area contributed by atoms with Crippen molar-refractivity contribution in [3.05, 3.63) is 12.3 Å². The van der Waals surface area contributed by atoms with Crippen molar-refractivity contribution in [1.29, 1.82) is 0 Å². The molecule has 0 unspecified atom stereocenters. The molecule has 4 nitrogen and oxygen atoms in total. The van der Waals surface area contributed by atoms with E-state index in [0.717, 1.165) is 26.1 Å². The minimum Gasteiger partial charge on any atom is -0.476 e. The average molecular weight is 541 g/mol. The summed E-state index contributed by atoms with van der Waals surface area (Å²) < 4.78 is 22.4. The van der Waals surface area contributed by atoms with Crippen LogP contribution in [0.1, 0.15) is 174 Å². The molecule has 0 aromatic heterocycles. The van der Waals surface area contributed by atoms with Gasteiger partial charge < -0.3 is 18.9 Å². The fourth-order valence-corrected chi connectivity index (χ4v) is 4.82. The molecule has 0 radical (unpaired) electrons. The van der Waals surface area contributed by atoms with Crippen molar-refractivity contribution in [2.24, 2.45) is 0 Å². The molecule has 0 aromatic carbocycles. The summed E-state index contributed by atoms with van der Waals surface area (Å²) >= 11 is 0. The lowest BCUT2D eigenvalue weighted by molar-refractivity contribution is -0.148. The zero-order valence-corrected chi connectivity index (χ0v) is 26.2. The van der Waals surface area contributed by atoms with Crippen molar-refractivity contribution in [2.45, 2.75) is 181 Å². The number of allylic oxidation sites excluding steroid dienone is 1. The molecule has 0 bridgehead atoms. The number of hydrogen-bond acceptors (Lipinski definition) is 4. The lowest BCUT2D eigenvalue weighted by atomic mass is 10.0. The Morgan fingerprint density at radius 3 is 1.39 bits per heavy atom. The van der Waals surface area contributed by atoms with Crippen LogP contribution in [0.25, 0.3) is 0 Å². The first kappa shape index (κ1) is 37.4. The van der Waals surface area contributed by atoms with Crippen molar-refractivity contribution < 1.29 is 18.9 Å². The summed E-state index contributed by atoms with van der Waals surface area (Å²) in [6, 6.07) is 0. The fraction of sp³-hybridized carbons (Fsp3) is 0.941. The quantitative estimate of drug-likeness (QED) is 0.0471. The molecule has 228 valence electrons. The second kappa shape index (κ2) is 34.4. The molecule has 0 N–H and O–H groups in total. The van der Waals surface area contributed by atoms with E-state index >= 15 is 0 Å². The van der Waals surface area contributed by atoms with Crippen molar-refractivity contribution in [3.63, 3.8) is 0 Å². The summed E-state index contributed by atoms with van der Waals surface area (Å²) in [7, 11) is 1.64. The van der Waals surface area contributed by atoms with Crippen LogP contribution in [0.15, 0.2) is 12.3 Å². The zero-order chi connectivity index (χ0) is 27.6. The van der Waals surface area contributed by atoms with Crippen LogP contribution < -0.4 is 0 Å². The minimum atomic E-state index is 0.0228. The van der Waals surface area contributed by atoms with E-state index in [4.69, 9.17) is 18.9 Å². The van der Waals surface area contributed by atoms with Crippen LogP contribution in [-0.2, 0) is 18.9 Å². The molecule has 0 aromatic rings. The molecule has 0 atom stereocenters. The Hall–Kier alpha value is -0.580. The topological polar surface area (TPSA) is 36.9 Å². The summed E-state index contributed by atoms with van der Waals surface area (Å²) in [4.78, 5) is 0. The number of unbranched alkanes of at least 4 members (excludes halogenated alkanes) is 21. The maximum atomic E-state index is 6.19. The molecular formula is C34H68O4. The SMILES string of the molecule is CCCCCCCCOC(CCCCCCCCCCCCCC=COCOC)OCCCCCCCC. The summed E-state index contributed by atoms with van der Waals surface area (Å²) in [6.07, 6.45) is 36.7. The highest BCUT2D eigenvalue weighted by atomic mass is 16.7. The van der Waals surface area contributed by atoms with Gasteiger partial charge in [-0.1, -0.05) is 136 Å². The molecule has 0 spiro atoms. The Balaban J connectivity index is 3.70. The van der Waals surface area contributed by atoms with Gasteiger partial charge in [-0.25, -0.2) is 0 Å². The Labute approximate surface area is 239 Å². The van der Waals surface area contributed by atoms with Gasteiger partial charge in [0.1, 0.15) is 0 Å². The van der Waals surface area contributed by atoms with Crippen molar-refractivity contribution >= 4 is 0 Å². The first-order valence-electron chi connectivity index (χ1n) is 16.8. The summed E-state index contributed by atoms with van der Waals surface area (Å²) in [5.41, 5.74) is 0. The predicted octanol–water partition coefficient (Wildman–Crippen LogP) is 11.3. The first-order chi connectivity index (χ1) is 18.8. The molecule has 0 aliphatic carbocycles. The number of hydrogen-bond donors (Lipinski definition) is 0. The molecule has 0 aliphatic rings. The van der Waals surface area contributed by atoms with Crippen molar-refractivity contribution in [2.75, 3.05) is 27.1 Å². The average Bonchev–Trinajstić information content (AvgIpc) is 2.93. The number of rotatable bonds is 33. The Morgan fingerprint density at radius 1 is 0.500 bits per heavy atom. The number of ether oxygens (including phenoxy) is 4. The maximum absolute atomic E-state index is 6.19. The second-order valence-electron chi connectivity index (χ2n) is 11.1. The van der Waals surface area contributed by atoms with Crippen LogP contribution in [0.4, 0.5) is 0 Å². The molecule has 0 saturated heterocycles. The standard InChI is InChI=1S/C34H68O4/c1-4-6-8-10-23-27-31-37-34(38-32-28-24-11-9-7-5-2)29-25-21-19-17-15-13-12-14-16-18-20-22-26-30-36-33-35-3/h26,30,34H,4-25,27-29,31-33H2,1-3H3. The van der Waals surface area contributed by atoms with Crippen LogP contribution in [0.3, 0.4) is 0 Å². The van der Waals surface area contributed by atoms with Crippen LogP contribution >= 0.6 is 0 Å². The van der Waals surface area contributed by atoms with E-state index in [-0.39, 0.29) is 6.29 Å². The third-order valence-corrected chi connectivity index (χ3v) is 7.29. The highest BCUT2D eigenvalue weighted by Gasteiger charge is 2.09. The third kappa shape index (κ3) is 31.6. The maximum Gasteiger partial charge on any atom is 0.187 e. The molecule has 0 fully saturated rings. The summed E-state index contributed by atoms with van der Waals surface area (Å²) in [5.74, 6) is 0. The van der Waals surface area contributed by atoms with Gasteiger partial charge in [0.2, 0.25) is 0 Å². The van der Waals surface area contributed by atoms with Crippen LogP contribution in [0, 0.1) is 0 Å². The van der Waals surface area contributed by atoms with E-state index in [9.17, 15) is 0 Å². The van der Waals surface area contributed by atoms with Gasteiger partial charge in [-0.3, -0.25) is 0 Å². The third-order valence-electron chi connectivity index (χ3n) is 7.29. The minimum absolute atomic E-state index is 0.0228. The van der Waals surface area contributed by atoms with Crippen LogP contribution in [0.2, 0.25) is 0 Å². The lowest BCUT2D eigenvalue weighted by Crippen LogP contribution is -2.19. The smallest absolute Gasteiger partial charge is 0.187 e. The Kier molecular flexibility index (Phi) is 33.9. The molecule has 0 heterocycles. The fourth-order valence-electron chi connectivity index (χ4n) is 4.82. The molecular weight excluding hydrogens is 472 g/mol. The Morgan fingerprint density at radius 2 is 0.921 bits per heavy atom. The Bertz CT molecular complexity index is 422. The van der Waals surface area contributed by atoms with E-state index in [1.165, 1.54) is 148 Å². The van der Waals surface area contributed by atoms with Crippen molar-refractivity contribution in [1.82, 2.24) is 0 Å². The van der Waals surface area contributed by atoms with Gasteiger partial charge >= 0.3 is 0 Å². The first-order valence-corrected chi connectivity index (χ1v) is 16.8. The van der Waals surface area contributed by atoms with E-state index in [1.54, 1.807) is 13.4 Å². The van der Waals surface area contributed by atoms with Gasteiger partial charge in [0.05, 0.1) is 6.26 Å². The van der Waals surface area contributed by atoms with Crippen LogP contribution in [0.5, 0.6) is 0 Å². The van der Waals surface area contributed by atoms with E-state index in [0.29, 0.717) is 6.79 Å². The van der Waals surface area contributed by atoms with Gasteiger partial charge in [0.15, 0.2) is 13.1 Å². The van der Waals surface area contributed by atoms with Gasteiger partial charge in [0, 0.05) is 20.3 Å². The normalized spacial score (nSPS) is 11.8. The van der Waals surface area contributed by atoms with E-state index in [2.05, 4.69) is 19.9 Å². The van der Waals surface area contributed by atoms with Gasteiger partial charge in [-0.2, -0.15) is 0 Å².